The number of hydrogen-bond acceptors (Lipinski definition) is 4. The van der Waals surface area contributed by atoms with Crippen molar-refractivity contribution in [3.8, 4) is 51.1 Å². The minimum atomic E-state index is -0.273. The molecule has 6 aromatic rings. The first-order valence-corrected chi connectivity index (χ1v) is 14.9. The summed E-state index contributed by atoms with van der Waals surface area (Å²) in [5.41, 5.74) is 12.2. The molecule has 0 radical (unpaired) electrons. The largest absolute Gasteiger partial charge is 0.457 e. The van der Waals surface area contributed by atoms with E-state index in [2.05, 4.69) is 110 Å². The fourth-order valence-electron chi connectivity index (χ4n) is 6.70. The number of nitrogens with zero attached hydrogens (tertiary/aromatic N) is 2. The minimum Gasteiger partial charge on any atom is -0.457 e. The van der Waals surface area contributed by atoms with Crippen molar-refractivity contribution in [3.63, 3.8) is 0 Å². The monoisotopic (exact) mass is 567 g/mol. The Balaban J connectivity index is 1.35. The van der Waals surface area contributed by atoms with Crippen LogP contribution >= 0.6 is 0 Å². The van der Waals surface area contributed by atoms with E-state index < -0.39 is 0 Å². The van der Waals surface area contributed by atoms with Gasteiger partial charge in [0.1, 0.15) is 11.5 Å². The van der Waals surface area contributed by atoms with Gasteiger partial charge in [-0.1, -0.05) is 86.7 Å². The summed E-state index contributed by atoms with van der Waals surface area (Å²) in [4.78, 5) is 5.24. The predicted octanol–water partition coefficient (Wildman–Crippen LogP) is 9.98. The maximum Gasteiger partial charge on any atom is 0.132 e. The first-order valence-electron chi connectivity index (χ1n) is 14.9. The van der Waals surface area contributed by atoms with Crippen molar-refractivity contribution in [2.45, 2.75) is 19.3 Å². The fourth-order valence-corrected chi connectivity index (χ4v) is 6.70. The van der Waals surface area contributed by atoms with Crippen LogP contribution in [0.3, 0.4) is 0 Å². The second-order valence-electron chi connectivity index (χ2n) is 12.0. The molecule has 2 aliphatic heterocycles. The molecule has 44 heavy (non-hydrogen) atoms. The Hall–Kier alpha value is -5.66. The predicted molar refractivity (Wildman–Crippen MR) is 179 cm³/mol. The van der Waals surface area contributed by atoms with Gasteiger partial charge in [-0.25, -0.2) is 4.98 Å². The van der Waals surface area contributed by atoms with Crippen LogP contribution in [0.15, 0.2) is 115 Å². The third-order valence-corrected chi connectivity index (χ3v) is 8.91. The van der Waals surface area contributed by atoms with Crippen molar-refractivity contribution >= 4 is 22.7 Å². The summed E-state index contributed by atoms with van der Waals surface area (Å²) in [5, 5.41) is 14.0. The second kappa shape index (κ2) is 9.97. The van der Waals surface area contributed by atoms with E-state index in [0.717, 1.165) is 79.3 Å². The Kier molecular flexibility index (Phi) is 5.89. The highest BCUT2D eigenvalue weighted by Crippen LogP contribution is 2.51. The number of para-hydroxylation sites is 1. The summed E-state index contributed by atoms with van der Waals surface area (Å²) in [7, 11) is 0. The topological polar surface area (TPSA) is 57.9 Å². The SMILES string of the molecule is CC1(C)c2ccccc2Oc2cccc(-c3cc(-c4ccc(C#N)cc4)cc(-c4ccc5ccc6c(c5n4)NCC=C6)c3)c21. The zero-order chi connectivity index (χ0) is 29.8. The Morgan fingerprint density at radius 3 is 2.41 bits per heavy atom. The lowest BCUT2D eigenvalue weighted by molar-refractivity contribution is 0.419. The Morgan fingerprint density at radius 2 is 1.55 bits per heavy atom. The van der Waals surface area contributed by atoms with Gasteiger partial charge in [0.15, 0.2) is 0 Å². The van der Waals surface area contributed by atoms with Gasteiger partial charge < -0.3 is 10.1 Å². The maximum absolute atomic E-state index is 9.41. The highest BCUT2D eigenvalue weighted by Gasteiger charge is 2.36. The van der Waals surface area contributed by atoms with E-state index >= 15 is 0 Å². The van der Waals surface area contributed by atoms with Crippen molar-refractivity contribution < 1.29 is 4.74 Å². The zero-order valence-corrected chi connectivity index (χ0v) is 24.6. The van der Waals surface area contributed by atoms with Crippen LogP contribution in [0.2, 0.25) is 0 Å². The second-order valence-corrected chi connectivity index (χ2v) is 12.0. The van der Waals surface area contributed by atoms with Crippen LogP contribution in [0.25, 0.3) is 50.5 Å². The molecule has 0 spiro atoms. The van der Waals surface area contributed by atoms with Crippen LogP contribution in [0.4, 0.5) is 5.69 Å². The summed E-state index contributed by atoms with van der Waals surface area (Å²) in [6.45, 7) is 5.34. The van der Waals surface area contributed by atoms with Gasteiger partial charge in [-0.15, -0.1) is 0 Å². The molecule has 3 heterocycles. The smallest absolute Gasteiger partial charge is 0.132 e. The number of benzene rings is 5. The fraction of sp³-hybridized carbons (Fsp3) is 0.100. The number of rotatable bonds is 3. The van der Waals surface area contributed by atoms with Gasteiger partial charge >= 0.3 is 0 Å². The number of nitrogens with one attached hydrogen (secondary N) is 1. The van der Waals surface area contributed by atoms with Crippen molar-refractivity contribution in [1.29, 1.82) is 5.26 Å². The Morgan fingerprint density at radius 1 is 0.773 bits per heavy atom. The van der Waals surface area contributed by atoms with Gasteiger partial charge in [0.25, 0.3) is 0 Å². The average molecular weight is 568 g/mol. The molecule has 5 aromatic carbocycles. The lowest BCUT2D eigenvalue weighted by Crippen LogP contribution is -2.25. The van der Waals surface area contributed by atoms with Crippen LogP contribution in [0.1, 0.15) is 36.1 Å². The number of fused-ring (bicyclic) bond motifs is 5. The third kappa shape index (κ3) is 4.17. The maximum atomic E-state index is 9.41. The third-order valence-electron chi connectivity index (χ3n) is 8.91. The number of aromatic nitrogens is 1. The van der Waals surface area contributed by atoms with Gasteiger partial charge in [-0.2, -0.15) is 5.26 Å². The van der Waals surface area contributed by atoms with Crippen LogP contribution in [0, 0.1) is 11.3 Å². The standard InChI is InChI=1S/C40H29N3O/c1-40(2)33-9-3-4-10-35(33)44-36-11-5-8-32(37(36)40)30-21-29(26-14-12-25(24-41)13-15-26)22-31(23-30)34-19-18-28-17-16-27-7-6-20-42-38(27)39(28)43-34/h3-19,21-23,42H,20H2,1-2H3. The summed E-state index contributed by atoms with van der Waals surface area (Å²) >= 11 is 0. The summed E-state index contributed by atoms with van der Waals surface area (Å²) in [6, 6.07) is 39.9. The van der Waals surface area contributed by atoms with E-state index in [4.69, 9.17) is 9.72 Å². The molecule has 4 heteroatoms. The molecule has 1 aromatic heterocycles. The lowest BCUT2D eigenvalue weighted by Gasteiger charge is -2.36. The normalized spacial score (nSPS) is 14.0. The van der Waals surface area contributed by atoms with E-state index in [1.54, 1.807) is 0 Å². The summed E-state index contributed by atoms with van der Waals surface area (Å²) < 4.78 is 6.48. The highest BCUT2D eigenvalue weighted by atomic mass is 16.5. The molecule has 0 aliphatic carbocycles. The molecule has 0 unspecified atom stereocenters. The first kappa shape index (κ1) is 26.0. The van der Waals surface area contributed by atoms with Gasteiger partial charge in [0.2, 0.25) is 0 Å². The number of anilines is 1. The number of pyridine rings is 1. The molecule has 4 nitrogen and oxygen atoms in total. The average Bonchev–Trinajstić information content (AvgIpc) is 3.07. The molecule has 0 amide bonds. The molecule has 0 bridgehead atoms. The van der Waals surface area contributed by atoms with Crippen molar-refractivity contribution in [1.82, 2.24) is 4.98 Å². The first-order chi connectivity index (χ1) is 21.5. The van der Waals surface area contributed by atoms with E-state index in [9.17, 15) is 5.26 Å². The van der Waals surface area contributed by atoms with Gasteiger partial charge in [-0.3, -0.25) is 0 Å². The summed E-state index contributed by atoms with van der Waals surface area (Å²) in [5.74, 6) is 1.78. The molecular weight excluding hydrogens is 538 g/mol. The van der Waals surface area contributed by atoms with Gasteiger partial charge in [0.05, 0.1) is 28.5 Å². The van der Waals surface area contributed by atoms with Crippen LogP contribution in [0.5, 0.6) is 11.5 Å². The van der Waals surface area contributed by atoms with Gasteiger partial charge in [-0.05, 0) is 76.3 Å². The Bertz CT molecular complexity index is 2180. The molecule has 1 N–H and O–H groups in total. The number of ether oxygens (including phenoxy) is 1. The van der Waals surface area contributed by atoms with Crippen LogP contribution in [-0.2, 0) is 5.41 Å². The molecule has 0 atom stereocenters. The van der Waals surface area contributed by atoms with Gasteiger partial charge in [0, 0.05) is 34.0 Å². The highest BCUT2D eigenvalue weighted by molar-refractivity contribution is 5.97. The van der Waals surface area contributed by atoms with E-state index in [0.29, 0.717) is 5.56 Å². The zero-order valence-electron chi connectivity index (χ0n) is 24.6. The molecule has 2 aliphatic rings. The lowest BCUT2D eigenvalue weighted by atomic mass is 9.72. The number of nitriles is 1. The molecule has 0 fully saturated rings. The quantitative estimate of drug-likeness (QED) is 0.231. The van der Waals surface area contributed by atoms with Crippen LogP contribution < -0.4 is 10.1 Å². The Labute approximate surface area is 256 Å². The molecule has 0 saturated carbocycles. The van der Waals surface area contributed by atoms with E-state index in [1.165, 1.54) is 5.56 Å². The molecule has 210 valence electrons. The summed E-state index contributed by atoms with van der Waals surface area (Å²) in [6.07, 6.45) is 4.29. The molecular formula is C40H29N3O. The minimum absolute atomic E-state index is 0.273. The van der Waals surface area contributed by atoms with Crippen molar-refractivity contribution in [2.24, 2.45) is 0 Å². The van der Waals surface area contributed by atoms with E-state index in [1.807, 2.05) is 36.4 Å². The van der Waals surface area contributed by atoms with Crippen molar-refractivity contribution in [2.75, 3.05) is 11.9 Å². The molecule has 8 rings (SSSR count). The van der Waals surface area contributed by atoms with Crippen LogP contribution in [-0.4, -0.2) is 11.5 Å². The number of hydrogen-bond donors (Lipinski definition) is 1. The van der Waals surface area contributed by atoms with Crippen molar-refractivity contribution in [3.05, 3.63) is 138 Å². The molecule has 0 saturated heterocycles. The van der Waals surface area contributed by atoms with E-state index in [-0.39, 0.29) is 5.41 Å².